The number of hydrogen-bond donors (Lipinski definition) is 1. The zero-order valence-corrected chi connectivity index (χ0v) is 16.1. The molecule has 0 radical (unpaired) electrons. The van der Waals surface area contributed by atoms with Crippen molar-refractivity contribution in [3.63, 3.8) is 0 Å². The van der Waals surface area contributed by atoms with E-state index in [0.29, 0.717) is 12.1 Å². The molecule has 0 aromatic heterocycles. The number of anilines is 1. The van der Waals surface area contributed by atoms with Gasteiger partial charge in [0.25, 0.3) is 0 Å². The van der Waals surface area contributed by atoms with Crippen LogP contribution in [-0.2, 0) is 16.8 Å². The highest BCUT2D eigenvalue weighted by atomic mass is 16.4. The Hall–Kier alpha value is -3.91. The molecule has 2 aliphatic rings. The average molecular weight is 394 g/mol. The van der Waals surface area contributed by atoms with Crippen molar-refractivity contribution in [1.29, 1.82) is 5.26 Å². The predicted molar refractivity (Wildman–Crippen MR) is 111 cm³/mol. The highest BCUT2D eigenvalue weighted by Crippen LogP contribution is 2.66. The zero-order chi connectivity index (χ0) is 20.9. The topological polar surface area (TPSA) is 81.4 Å². The van der Waals surface area contributed by atoms with Crippen molar-refractivity contribution in [3.8, 4) is 6.07 Å². The van der Waals surface area contributed by atoms with Gasteiger partial charge in [-0.3, -0.25) is 4.79 Å². The predicted octanol–water partition coefficient (Wildman–Crippen LogP) is 4.23. The molecule has 5 heteroatoms. The smallest absolute Gasteiger partial charge is 0.335 e. The number of fused-ring (bicyclic) bond motifs is 2. The number of nitrogens with zero attached hydrogens (tertiary/aromatic N) is 2. The van der Waals surface area contributed by atoms with Gasteiger partial charge in [-0.15, -0.1) is 0 Å². The lowest BCUT2D eigenvalue weighted by atomic mass is 9.92. The summed E-state index contributed by atoms with van der Waals surface area (Å²) < 4.78 is 0. The summed E-state index contributed by atoms with van der Waals surface area (Å²) in [6, 6.07) is 24.2. The average Bonchev–Trinajstić information content (AvgIpc) is 3.49. The Bertz CT molecular complexity index is 1210. The summed E-state index contributed by atoms with van der Waals surface area (Å²) in [5.74, 6) is -0.787. The normalized spacial score (nSPS) is 21.4. The SMILES string of the molecule is N#Cc1ccc(C2CC23C(=O)N(Cc2ccc(C(=O)O)cc2)c2ccccc23)cc1. The summed E-state index contributed by atoms with van der Waals surface area (Å²) in [6.07, 6.45) is 0.753. The molecular weight excluding hydrogens is 376 g/mol. The number of para-hydroxylation sites is 1. The number of rotatable bonds is 4. The number of benzene rings is 3. The lowest BCUT2D eigenvalue weighted by Gasteiger charge is -2.18. The molecule has 0 bridgehead atoms. The number of carbonyl (C=O) groups is 2. The van der Waals surface area contributed by atoms with Gasteiger partial charge in [-0.25, -0.2) is 4.79 Å². The lowest BCUT2D eigenvalue weighted by Crippen LogP contribution is -2.32. The van der Waals surface area contributed by atoms with E-state index in [-0.39, 0.29) is 17.4 Å². The first kappa shape index (κ1) is 18.1. The van der Waals surface area contributed by atoms with E-state index in [0.717, 1.165) is 28.8 Å². The third-order valence-corrected chi connectivity index (χ3v) is 6.25. The van der Waals surface area contributed by atoms with Crippen molar-refractivity contribution in [2.24, 2.45) is 0 Å². The van der Waals surface area contributed by atoms with Crippen LogP contribution in [0.3, 0.4) is 0 Å². The molecule has 0 saturated heterocycles. The molecule has 1 N–H and O–H groups in total. The minimum absolute atomic E-state index is 0.0837. The molecule has 5 nitrogen and oxygen atoms in total. The molecular formula is C25H18N2O3. The molecule has 1 aliphatic carbocycles. The molecule has 1 saturated carbocycles. The van der Waals surface area contributed by atoms with Crippen molar-refractivity contribution in [1.82, 2.24) is 0 Å². The summed E-state index contributed by atoms with van der Waals surface area (Å²) in [5, 5.41) is 18.1. The fraction of sp³-hybridized carbons (Fsp3) is 0.160. The Morgan fingerprint density at radius 2 is 1.77 bits per heavy atom. The molecule has 30 heavy (non-hydrogen) atoms. The number of carboxylic acid groups (broad SMARTS) is 1. The Morgan fingerprint density at radius 3 is 2.43 bits per heavy atom. The van der Waals surface area contributed by atoms with Gasteiger partial charge in [-0.2, -0.15) is 5.26 Å². The number of amides is 1. The second-order valence-electron chi connectivity index (χ2n) is 7.87. The van der Waals surface area contributed by atoms with Gasteiger partial charge >= 0.3 is 5.97 Å². The summed E-state index contributed by atoms with van der Waals surface area (Å²) in [7, 11) is 0. The Kier molecular flexibility index (Phi) is 3.97. The van der Waals surface area contributed by atoms with Crippen molar-refractivity contribution in [3.05, 3.63) is 101 Å². The first-order valence-electron chi connectivity index (χ1n) is 9.78. The third-order valence-electron chi connectivity index (χ3n) is 6.25. The molecule has 5 rings (SSSR count). The third kappa shape index (κ3) is 2.61. The van der Waals surface area contributed by atoms with Crippen LogP contribution in [0.25, 0.3) is 0 Å². The molecule has 1 spiro atoms. The van der Waals surface area contributed by atoms with Crippen molar-refractivity contribution in [2.45, 2.75) is 24.3 Å². The number of nitriles is 1. The first-order chi connectivity index (χ1) is 14.5. The molecule has 146 valence electrons. The van der Waals surface area contributed by atoms with E-state index < -0.39 is 11.4 Å². The fourth-order valence-electron chi connectivity index (χ4n) is 4.63. The maximum absolute atomic E-state index is 13.6. The van der Waals surface area contributed by atoms with E-state index >= 15 is 0 Å². The largest absolute Gasteiger partial charge is 0.478 e. The standard InChI is InChI=1S/C25H18N2O3/c26-14-16-5-9-18(10-6-16)21-13-25(21)20-3-1-2-4-22(20)27(24(25)30)15-17-7-11-19(12-8-17)23(28)29/h1-12,21H,13,15H2,(H,28,29). The van der Waals surface area contributed by atoms with Crippen molar-refractivity contribution < 1.29 is 14.7 Å². The van der Waals surface area contributed by atoms with Gasteiger partial charge in [0.1, 0.15) is 0 Å². The van der Waals surface area contributed by atoms with Crippen LogP contribution in [0.2, 0.25) is 0 Å². The molecule has 1 aliphatic heterocycles. The van der Waals surface area contributed by atoms with E-state index in [1.807, 2.05) is 41.3 Å². The van der Waals surface area contributed by atoms with Gasteiger partial charge in [0.05, 0.1) is 29.2 Å². The van der Waals surface area contributed by atoms with Crippen LogP contribution in [0.4, 0.5) is 5.69 Å². The van der Waals surface area contributed by atoms with Crippen LogP contribution < -0.4 is 4.90 Å². The highest BCUT2D eigenvalue weighted by molar-refractivity contribution is 6.11. The van der Waals surface area contributed by atoms with E-state index in [1.54, 1.807) is 36.4 Å². The quantitative estimate of drug-likeness (QED) is 0.718. The first-order valence-corrected chi connectivity index (χ1v) is 9.78. The van der Waals surface area contributed by atoms with E-state index in [2.05, 4.69) is 6.07 Å². The molecule has 1 amide bonds. The summed E-state index contributed by atoms with van der Waals surface area (Å²) in [4.78, 5) is 26.5. The monoisotopic (exact) mass is 394 g/mol. The minimum atomic E-state index is -0.966. The van der Waals surface area contributed by atoms with E-state index in [9.17, 15) is 9.59 Å². The number of carbonyl (C=O) groups excluding carboxylic acids is 1. The van der Waals surface area contributed by atoms with Gasteiger partial charge in [0.15, 0.2) is 0 Å². The highest BCUT2D eigenvalue weighted by Gasteiger charge is 2.66. The Morgan fingerprint density at radius 1 is 1.07 bits per heavy atom. The second-order valence-corrected chi connectivity index (χ2v) is 7.87. The maximum atomic E-state index is 13.6. The van der Waals surface area contributed by atoms with Crippen LogP contribution >= 0.6 is 0 Å². The lowest BCUT2D eigenvalue weighted by molar-refractivity contribution is -0.120. The van der Waals surface area contributed by atoms with Gasteiger partial charge in [0.2, 0.25) is 5.91 Å². The van der Waals surface area contributed by atoms with Gasteiger partial charge < -0.3 is 10.0 Å². The van der Waals surface area contributed by atoms with E-state index in [4.69, 9.17) is 10.4 Å². The van der Waals surface area contributed by atoms with Crippen molar-refractivity contribution >= 4 is 17.6 Å². The maximum Gasteiger partial charge on any atom is 0.335 e. The molecule has 3 aromatic rings. The summed E-state index contributed by atoms with van der Waals surface area (Å²) >= 11 is 0. The zero-order valence-electron chi connectivity index (χ0n) is 16.1. The number of carboxylic acids is 1. The summed E-state index contributed by atoms with van der Waals surface area (Å²) in [6.45, 7) is 0.400. The van der Waals surface area contributed by atoms with Gasteiger partial charge in [0, 0.05) is 11.6 Å². The minimum Gasteiger partial charge on any atom is -0.478 e. The van der Waals surface area contributed by atoms with Crippen LogP contribution in [0, 0.1) is 11.3 Å². The van der Waals surface area contributed by atoms with E-state index in [1.165, 1.54) is 0 Å². The number of aromatic carboxylic acids is 1. The van der Waals surface area contributed by atoms with Crippen molar-refractivity contribution in [2.75, 3.05) is 4.90 Å². The fourth-order valence-corrected chi connectivity index (χ4v) is 4.63. The Labute approximate surface area is 173 Å². The van der Waals surface area contributed by atoms with Gasteiger partial charge in [-0.05, 0) is 53.4 Å². The van der Waals surface area contributed by atoms with Crippen LogP contribution in [-0.4, -0.2) is 17.0 Å². The molecule has 3 aromatic carbocycles. The summed E-state index contributed by atoms with van der Waals surface area (Å²) in [5.41, 5.74) is 4.21. The Balaban J connectivity index is 1.48. The molecule has 1 fully saturated rings. The van der Waals surface area contributed by atoms with Crippen LogP contribution in [0.1, 0.15) is 45.0 Å². The molecule has 2 atom stereocenters. The molecule has 2 unspecified atom stereocenters. The van der Waals surface area contributed by atoms with Gasteiger partial charge in [-0.1, -0.05) is 42.5 Å². The van der Waals surface area contributed by atoms with Crippen LogP contribution in [0.15, 0.2) is 72.8 Å². The van der Waals surface area contributed by atoms with Crippen LogP contribution in [0.5, 0.6) is 0 Å². The second kappa shape index (κ2) is 6.57. The number of hydrogen-bond acceptors (Lipinski definition) is 3. The molecule has 1 heterocycles.